The monoisotopic (exact) mass is 353 g/mol. The van der Waals surface area contributed by atoms with Crippen LogP contribution in [-0.2, 0) is 6.42 Å². The molecule has 25 heavy (non-hydrogen) atoms. The van der Waals surface area contributed by atoms with Crippen LogP contribution in [0.3, 0.4) is 0 Å². The van der Waals surface area contributed by atoms with Gasteiger partial charge in [-0.3, -0.25) is 4.79 Å². The van der Waals surface area contributed by atoms with Crippen LogP contribution >= 0.6 is 11.6 Å². The fraction of sp³-hybridized carbons (Fsp3) is 0.158. The summed E-state index contributed by atoms with van der Waals surface area (Å²) in [6.07, 6.45) is 3.26. The quantitative estimate of drug-likeness (QED) is 0.755. The van der Waals surface area contributed by atoms with E-state index in [2.05, 4.69) is 10.4 Å². The normalized spacial score (nSPS) is 15.8. The third-order valence-electron chi connectivity index (χ3n) is 4.45. The highest BCUT2D eigenvalue weighted by atomic mass is 35.5. The van der Waals surface area contributed by atoms with Gasteiger partial charge >= 0.3 is 0 Å². The van der Waals surface area contributed by atoms with Crippen LogP contribution in [0.15, 0.2) is 54.7 Å². The lowest BCUT2D eigenvalue weighted by molar-refractivity contribution is 0.0931. The molecule has 0 unspecified atom stereocenters. The summed E-state index contributed by atoms with van der Waals surface area (Å²) in [7, 11) is 0. The summed E-state index contributed by atoms with van der Waals surface area (Å²) in [4.78, 5) is 12.5. The molecule has 1 amide bonds. The SMILES string of the molecule is O=C(N[C@@H]1CCc2c(O)cccc21)c1ccn(-c2cccc(Cl)c2)n1. The number of amides is 1. The lowest BCUT2D eigenvalue weighted by Gasteiger charge is -2.13. The lowest BCUT2D eigenvalue weighted by atomic mass is 10.1. The Labute approximate surface area is 149 Å². The Morgan fingerprint density at radius 2 is 2.08 bits per heavy atom. The average Bonchev–Trinajstić information content (AvgIpc) is 3.23. The molecule has 1 aliphatic rings. The number of aromatic nitrogens is 2. The average molecular weight is 354 g/mol. The van der Waals surface area contributed by atoms with Crippen LogP contribution < -0.4 is 5.32 Å². The van der Waals surface area contributed by atoms with Crippen molar-refractivity contribution in [1.82, 2.24) is 15.1 Å². The van der Waals surface area contributed by atoms with Crippen molar-refractivity contribution in [2.75, 3.05) is 0 Å². The molecule has 2 aromatic carbocycles. The predicted octanol–water partition coefficient (Wildman–Crippen LogP) is 3.65. The van der Waals surface area contributed by atoms with Crippen molar-refractivity contribution in [2.45, 2.75) is 18.9 Å². The smallest absolute Gasteiger partial charge is 0.272 e. The van der Waals surface area contributed by atoms with Gasteiger partial charge < -0.3 is 10.4 Å². The van der Waals surface area contributed by atoms with E-state index < -0.39 is 0 Å². The van der Waals surface area contributed by atoms with E-state index >= 15 is 0 Å². The molecular weight excluding hydrogens is 338 g/mol. The molecule has 0 aliphatic heterocycles. The standard InChI is InChI=1S/C19H16ClN3O2/c20-12-3-1-4-13(11-12)23-10-9-17(22-23)19(25)21-16-8-7-15-14(16)5-2-6-18(15)24/h1-6,9-11,16,24H,7-8H2,(H,21,25)/t16-/m1/s1. The zero-order valence-electron chi connectivity index (χ0n) is 13.3. The maximum atomic E-state index is 12.5. The second-order valence-electron chi connectivity index (χ2n) is 6.04. The highest BCUT2D eigenvalue weighted by molar-refractivity contribution is 6.30. The third kappa shape index (κ3) is 2.98. The maximum Gasteiger partial charge on any atom is 0.272 e. The Balaban J connectivity index is 1.53. The van der Waals surface area contributed by atoms with Gasteiger partial charge in [-0.05, 0) is 54.3 Å². The molecule has 0 bridgehead atoms. The minimum absolute atomic E-state index is 0.106. The summed E-state index contributed by atoms with van der Waals surface area (Å²) in [5.41, 5.74) is 3.02. The predicted molar refractivity (Wildman–Crippen MR) is 95.2 cm³/mol. The van der Waals surface area contributed by atoms with Crippen molar-refractivity contribution in [3.8, 4) is 11.4 Å². The van der Waals surface area contributed by atoms with Crippen molar-refractivity contribution < 1.29 is 9.90 Å². The number of rotatable bonds is 3. The van der Waals surface area contributed by atoms with Gasteiger partial charge in [0, 0.05) is 11.2 Å². The molecule has 1 aliphatic carbocycles. The summed E-state index contributed by atoms with van der Waals surface area (Å²) in [5.74, 6) is 0.0569. The summed E-state index contributed by atoms with van der Waals surface area (Å²) in [5, 5.41) is 17.9. The number of phenolic OH excluding ortho intramolecular Hbond substituents is 1. The first kappa shape index (κ1) is 15.7. The van der Waals surface area contributed by atoms with Crippen LogP contribution in [0.2, 0.25) is 5.02 Å². The van der Waals surface area contributed by atoms with Crippen LogP contribution in [-0.4, -0.2) is 20.8 Å². The lowest BCUT2D eigenvalue weighted by Crippen LogP contribution is -2.27. The number of nitrogens with zero attached hydrogens (tertiary/aromatic N) is 2. The van der Waals surface area contributed by atoms with E-state index in [1.165, 1.54) is 0 Å². The number of hydrogen-bond acceptors (Lipinski definition) is 3. The largest absolute Gasteiger partial charge is 0.508 e. The van der Waals surface area contributed by atoms with E-state index in [1.54, 1.807) is 41.2 Å². The fourth-order valence-electron chi connectivity index (χ4n) is 3.22. The van der Waals surface area contributed by atoms with E-state index in [9.17, 15) is 9.90 Å². The minimum Gasteiger partial charge on any atom is -0.508 e. The zero-order valence-corrected chi connectivity index (χ0v) is 14.1. The molecule has 3 aromatic rings. The van der Waals surface area contributed by atoms with E-state index in [4.69, 9.17) is 11.6 Å². The van der Waals surface area contributed by atoms with E-state index in [0.29, 0.717) is 16.5 Å². The number of nitrogens with one attached hydrogen (secondary N) is 1. The van der Waals surface area contributed by atoms with Crippen molar-refractivity contribution in [3.05, 3.63) is 76.6 Å². The van der Waals surface area contributed by atoms with Crippen molar-refractivity contribution >= 4 is 17.5 Å². The van der Waals surface area contributed by atoms with Crippen molar-refractivity contribution in [1.29, 1.82) is 0 Å². The van der Waals surface area contributed by atoms with Crippen LogP contribution in [0.25, 0.3) is 5.69 Å². The number of fused-ring (bicyclic) bond motifs is 1. The topological polar surface area (TPSA) is 67.2 Å². The molecule has 4 rings (SSSR count). The van der Waals surface area contributed by atoms with Gasteiger partial charge in [-0.15, -0.1) is 0 Å². The van der Waals surface area contributed by atoms with Crippen LogP contribution in [0, 0.1) is 0 Å². The van der Waals surface area contributed by atoms with Gasteiger partial charge in [-0.25, -0.2) is 4.68 Å². The van der Waals surface area contributed by atoms with Gasteiger partial charge in [0.25, 0.3) is 5.91 Å². The molecule has 0 fully saturated rings. The van der Waals surface area contributed by atoms with Gasteiger partial charge in [-0.1, -0.05) is 29.8 Å². The van der Waals surface area contributed by atoms with E-state index in [-0.39, 0.29) is 11.9 Å². The van der Waals surface area contributed by atoms with Crippen molar-refractivity contribution in [2.24, 2.45) is 0 Å². The molecule has 6 heteroatoms. The number of halogens is 1. The number of aromatic hydroxyl groups is 1. The molecule has 0 spiro atoms. The van der Waals surface area contributed by atoms with Crippen molar-refractivity contribution in [3.63, 3.8) is 0 Å². The van der Waals surface area contributed by atoms with Crippen LogP contribution in [0.1, 0.15) is 34.1 Å². The first-order valence-electron chi connectivity index (χ1n) is 8.05. The Bertz CT molecular complexity index is 951. The Hall–Kier alpha value is -2.79. The summed E-state index contributed by atoms with van der Waals surface area (Å²) < 4.78 is 1.62. The number of hydrogen-bond donors (Lipinski definition) is 2. The molecule has 2 N–H and O–H groups in total. The first-order chi connectivity index (χ1) is 12.1. The maximum absolute atomic E-state index is 12.5. The number of benzene rings is 2. The number of carbonyl (C=O) groups excluding carboxylic acids is 1. The van der Waals surface area contributed by atoms with Crippen LogP contribution in [0.4, 0.5) is 0 Å². The molecule has 1 atom stereocenters. The number of carbonyl (C=O) groups is 1. The molecule has 0 saturated carbocycles. The van der Waals surface area contributed by atoms with Crippen LogP contribution in [0.5, 0.6) is 5.75 Å². The second kappa shape index (κ2) is 6.26. The molecule has 1 heterocycles. The molecule has 0 radical (unpaired) electrons. The summed E-state index contributed by atoms with van der Waals surface area (Å²) in [6, 6.07) is 14.3. The van der Waals surface area contributed by atoms with E-state index in [0.717, 1.165) is 29.7 Å². The molecule has 126 valence electrons. The summed E-state index contributed by atoms with van der Waals surface area (Å²) >= 11 is 6.00. The fourth-order valence-corrected chi connectivity index (χ4v) is 3.41. The third-order valence-corrected chi connectivity index (χ3v) is 4.68. The van der Waals surface area contributed by atoms with E-state index in [1.807, 2.05) is 18.2 Å². The highest BCUT2D eigenvalue weighted by Gasteiger charge is 2.26. The Kier molecular flexibility index (Phi) is 3.93. The number of phenols is 1. The Morgan fingerprint density at radius 1 is 1.24 bits per heavy atom. The first-order valence-corrected chi connectivity index (χ1v) is 8.43. The van der Waals surface area contributed by atoms with Gasteiger partial charge in [0.15, 0.2) is 5.69 Å². The van der Waals surface area contributed by atoms with Gasteiger partial charge in [-0.2, -0.15) is 5.10 Å². The summed E-state index contributed by atoms with van der Waals surface area (Å²) in [6.45, 7) is 0. The van der Waals surface area contributed by atoms with Gasteiger partial charge in [0.05, 0.1) is 11.7 Å². The van der Waals surface area contributed by atoms with Gasteiger partial charge in [0.2, 0.25) is 0 Å². The minimum atomic E-state index is -0.234. The Morgan fingerprint density at radius 3 is 2.92 bits per heavy atom. The highest BCUT2D eigenvalue weighted by Crippen LogP contribution is 2.36. The molecule has 0 saturated heterocycles. The second-order valence-corrected chi connectivity index (χ2v) is 6.47. The van der Waals surface area contributed by atoms with Gasteiger partial charge in [0.1, 0.15) is 5.75 Å². The molecule has 5 nitrogen and oxygen atoms in total. The zero-order chi connectivity index (χ0) is 17.4. The molecular formula is C19H16ClN3O2. The molecule has 1 aromatic heterocycles.